The molecule has 1 aromatic heterocycles. The number of rotatable bonds is 7. The normalized spacial score (nSPS) is 11.7. The van der Waals surface area contributed by atoms with Gasteiger partial charge in [-0.25, -0.2) is 0 Å². The Bertz CT molecular complexity index is 981. The van der Waals surface area contributed by atoms with Gasteiger partial charge in [0.1, 0.15) is 15.9 Å². The Labute approximate surface area is 184 Å². The molecular weight excluding hydrogens is 405 g/mol. The van der Waals surface area contributed by atoms with Crippen molar-refractivity contribution in [3.63, 3.8) is 0 Å². The van der Waals surface area contributed by atoms with Crippen LogP contribution in [0.25, 0.3) is 0 Å². The summed E-state index contributed by atoms with van der Waals surface area (Å²) in [5, 5.41) is 4.84. The molecule has 3 aromatic carbocycles. The summed E-state index contributed by atoms with van der Waals surface area (Å²) < 4.78 is 6.37. The maximum Gasteiger partial charge on any atom is 0.250 e. The van der Waals surface area contributed by atoms with Gasteiger partial charge in [-0.1, -0.05) is 87.1 Å². The minimum absolute atomic E-state index is 0.235. The van der Waals surface area contributed by atoms with E-state index in [-0.39, 0.29) is 5.92 Å². The maximum absolute atomic E-state index is 6.37. The molecule has 0 unspecified atom stereocenters. The van der Waals surface area contributed by atoms with Gasteiger partial charge in [0.25, 0.3) is 5.44 Å². The van der Waals surface area contributed by atoms with Gasteiger partial charge in [-0.15, -0.1) is 0 Å². The Morgan fingerprint density at radius 3 is 1.57 bits per heavy atom. The molecule has 0 aliphatic heterocycles. The summed E-state index contributed by atoms with van der Waals surface area (Å²) in [6, 6.07) is 32.5. The van der Waals surface area contributed by atoms with Crippen molar-refractivity contribution >= 4 is 40.4 Å². The molecule has 0 fully saturated rings. The number of aromatic nitrogens is 1. The predicted octanol–water partition coefficient (Wildman–Crippen LogP) is 5.53. The molecular formula is C26H27NOPS+. The highest BCUT2D eigenvalue weighted by molar-refractivity contribution is 8.04. The molecule has 152 valence electrons. The topological polar surface area (TPSA) is 26.0 Å². The van der Waals surface area contributed by atoms with Crippen molar-refractivity contribution in [3.8, 4) is 0 Å². The second-order valence-corrected chi connectivity index (χ2v) is 12.0. The van der Waals surface area contributed by atoms with E-state index in [0.717, 1.165) is 22.2 Å². The highest BCUT2D eigenvalue weighted by Gasteiger charge is 2.52. The lowest BCUT2D eigenvalue weighted by Gasteiger charge is -2.25. The van der Waals surface area contributed by atoms with Crippen molar-refractivity contribution in [3.05, 3.63) is 96.9 Å². The van der Waals surface area contributed by atoms with Gasteiger partial charge in [-0.05, 0) is 42.2 Å². The van der Waals surface area contributed by atoms with Gasteiger partial charge in [0.2, 0.25) is 11.0 Å². The van der Waals surface area contributed by atoms with Crippen LogP contribution >= 0.6 is 19.0 Å². The van der Waals surface area contributed by atoms with E-state index >= 15 is 0 Å². The lowest BCUT2D eigenvalue weighted by molar-refractivity contribution is 0.408. The van der Waals surface area contributed by atoms with Crippen molar-refractivity contribution in [1.29, 1.82) is 0 Å². The molecule has 0 amide bonds. The van der Waals surface area contributed by atoms with Crippen LogP contribution in [0.15, 0.2) is 101 Å². The number of thioether (sulfide) groups is 1. The van der Waals surface area contributed by atoms with Crippen LogP contribution in [0.1, 0.15) is 32.6 Å². The van der Waals surface area contributed by atoms with Crippen LogP contribution in [-0.2, 0) is 0 Å². The van der Waals surface area contributed by atoms with E-state index in [9.17, 15) is 0 Å². The van der Waals surface area contributed by atoms with Crippen LogP contribution in [-0.4, -0.2) is 10.7 Å². The third kappa shape index (κ3) is 3.73. The smallest absolute Gasteiger partial charge is 0.250 e. The first-order chi connectivity index (χ1) is 14.7. The number of hydrogen-bond acceptors (Lipinski definition) is 3. The average molecular weight is 433 g/mol. The largest absolute Gasteiger partial charge is 0.430 e. The fraction of sp³-hybridized carbons (Fsp3) is 0.192. The molecule has 0 aliphatic rings. The van der Waals surface area contributed by atoms with E-state index in [1.165, 1.54) is 15.9 Å². The molecule has 0 saturated heterocycles. The number of benzene rings is 3. The molecule has 0 atom stereocenters. The SMILES string of the molecule is CCSc1oc(C(C)C)nc1[P+](c1ccccc1)(c1ccccc1)c1ccccc1. The van der Waals surface area contributed by atoms with Gasteiger partial charge in [-0.3, -0.25) is 0 Å². The van der Waals surface area contributed by atoms with Gasteiger partial charge in [-0.2, -0.15) is 4.98 Å². The van der Waals surface area contributed by atoms with E-state index in [1.807, 2.05) is 0 Å². The molecule has 0 spiro atoms. The first-order valence-corrected chi connectivity index (χ1v) is 13.1. The molecule has 0 radical (unpaired) electrons. The Morgan fingerprint density at radius 1 is 0.767 bits per heavy atom. The first kappa shape index (κ1) is 20.9. The van der Waals surface area contributed by atoms with Gasteiger partial charge < -0.3 is 4.42 Å². The second-order valence-electron chi connectivity index (χ2n) is 7.43. The standard InChI is InChI=1S/C26H27NOPS/c1-4-30-26-25(27-24(28-26)20(2)3)29(21-14-8-5-9-15-21,22-16-10-6-11-17-22)23-18-12-7-13-19-23/h5-20H,4H2,1-3H3/q+1. The van der Waals surface area contributed by atoms with E-state index < -0.39 is 7.26 Å². The summed E-state index contributed by atoms with van der Waals surface area (Å²) in [5.74, 6) is 1.99. The molecule has 0 saturated carbocycles. The average Bonchev–Trinajstić information content (AvgIpc) is 3.22. The molecule has 2 nitrogen and oxygen atoms in total. The zero-order valence-corrected chi connectivity index (χ0v) is 19.4. The summed E-state index contributed by atoms with van der Waals surface area (Å²) in [6.07, 6.45) is 0. The highest BCUT2D eigenvalue weighted by Crippen LogP contribution is 2.55. The van der Waals surface area contributed by atoms with Crippen molar-refractivity contribution in [2.75, 3.05) is 5.75 Å². The van der Waals surface area contributed by atoms with E-state index in [0.29, 0.717) is 0 Å². The third-order valence-corrected chi connectivity index (χ3v) is 10.2. The Kier molecular flexibility index (Phi) is 6.41. The molecule has 1 heterocycles. The third-order valence-electron chi connectivity index (χ3n) is 5.11. The van der Waals surface area contributed by atoms with Crippen LogP contribution in [0.2, 0.25) is 0 Å². The Balaban J connectivity index is 2.14. The Morgan fingerprint density at radius 2 is 1.20 bits per heavy atom. The van der Waals surface area contributed by atoms with E-state index in [4.69, 9.17) is 9.40 Å². The molecule has 30 heavy (non-hydrogen) atoms. The lowest BCUT2D eigenvalue weighted by atomic mass is 10.2. The van der Waals surface area contributed by atoms with Gasteiger partial charge >= 0.3 is 0 Å². The first-order valence-electron chi connectivity index (χ1n) is 10.4. The quantitative estimate of drug-likeness (QED) is 0.284. The fourth-order valence-corrected chi connectivity index (χ4v) is 9.01. The second kappa shape index (κ2) is 9.20. The molecule has 0 N–H and O–H groups in total. The Hall–Kier alpha value is -2.35. The fourth-order valence-electron chi connectivity index (χ4n) is 3.77. The summed E-state index contributed by atoms with van der Waals surface area (Å²) in [6.45, 7) is 6.45. The van der Waals surface area contributed by atoms with Gasteiger partial charge in [0.05, 0.1) is 0 Å². The molecule has 4 heteroatoms. The van der Waals surface area contributed by atoms with Crippen molar-refractivity contribution in [2.24, 2.45) is 0 Å². The monoisotopic (exact) mass is 432 g/mol. The van der Waals surface area contributed by atoms with Crippen molar-refractivity contribution in [1.82, 2.24) is 4.98 Å². The van der Waals surface area contributed by atoms with Gasteiger partial charge in [0.15, 0.2) is 7.26 Å². The minimum atomic E-state index is -2.22. The van der Waals surface area contributed by atoms with Crippen LogP contribution < -0.4 is 21.3 Å². The number of oxazole rings is 1. The molecule has 4 rings (SSSR count). The van der Waals surface area contributed by atoms with Gasteiger partial charge in [0, 0.05) is 5.92 Å². The van der Waals surface area contributed by atoms with Crippen LogP contribution in [0.5, 0.6) is 0 Å². The van der Waals surface area contributed by atoms with Crippen LogP contribution in [0.3, 0.4) is 0 Å². The van der Waals surface area contributed by atoms with E-state index in [2.05, 4.69) is 112 Å². The summed E-state index contributed by atoms with van der Waals surface area (Å²) >= 11 is 1.75. The molecule has 4 aromatic rings. The van der Waals surface area contributed by atoms with Crippen molar-refractivity contribution in [2.45, 2.75) is 31.8 Å². The van der Waals surface area contributed by atoms with Crippen molar-refractivity contribution < 1.29 is 4.42 Å². The zero-order valence-electron chi connectivity index (χ0n) is 17.7. The van der Waals surface area contributed by atoms with Crippen LogP contribution in [0, 0.1) is 0 Å². The summed E-state index contributed by atoms with van der Waals surface area (Å²) in [4.78, 5) is 5.19. The summed E-state index contributed by atoms with van der Waals surface area (Å²) in [7, 11) is -2.22. The molecule has 0 aliphatic carbocycles. The van der Waals surface area contributed by atoms with Crippen LogP contribution in [0.4, 0.5) is 0 Å². The minimum Gasteiger partial charge on any atom is -0.430 e. The highest BCUT2D eigenvalue weighted by atomic mass is 32.2. The number of nitrogens with zero attached hydrogens (tertiary/aromatic N) is 1. The molecule has 0 bridgehead atoms. The van der Waals surface area contributed by atoms with E-state index in [1.54, 1.807) is 11.8 Å². The zero-order chi connectivity index (χ0) is 21.0. The number of hydrogen-bond donors (Lipinski definition) is 0. The maximum atomic E-state index is 6.37. The lowest BCUT2D eigenvalue weighted by Crippen LogP contribution is -2.40. The predicted molar refractivity (Wildman–Crippen MR) is 132 cm³/mol. The summed E-state index contributed by atoms with van der Waals surface area (Å²) in [5.41, 5.74) is 1.08.